The fourth-order valence-electron chi connectivity index (χ4n) is 2.11. The maximum absolute atomic E-state index is 12.3. The van der Waals surface area contributed by atoms with Crippen molar-refractivity contribution in [1.82, 2.24) is 4.90 Å². The number of halogens is 2. The number of rotatable bonds is 5. The molecule has 0 radical (unpaired) electrons. The molecule has 0 aliphatic carbocycles. The lowest BCUT2D eigenvalue weighted by molar-refractivity contribution is 0.0925. The highest BCUT2D eigenvalue weighted by Crippen LogP contribution is 2.22. The highest BCUT2D eigenvalue weighted by atomic mass is 79.9. The molecule has 0 aromatic heterocycles. The molecule has 0 aliphatic rings. The second-order valence-corrected chi connectivity index (χ2v) is 6.43. The van der Waals surface area contributed by atoms with Crippen molar-refractivity contribution in [2.24, 2.45) is 0 Å². The van der Waals surface area contributed by atoms with Crippen LogP contribution < -0.4 is 0 Å². The molecule has 110 valence electrons. The van der Waals surface area contributed by atoms with Gasteiger partial charge in [0.1, 0.15) is 0 Å². The fourth-order valence-corrected chi connectivity index (χ4v) is 2.57. The number of carbonyl (C=O) groups excluding carboxylic acids is 1. The summed E-state index contributed by atoms with van der Waals surface area (Å²) in [4.78, 5) is 14.3. The zero-order chi connectivity index (χ0) is 15.4. The van der Waals surface area contributed by atoms with Gasteiger partial charge in [-0.1, -0.05) is 51.8 Å². The Morgan fingerprint density at radius 1 is 1.24 bits per heavy atom. The molecule has 0 N–H and O–H groups in total. The molecule has 1 atom stereocenters. The van der Waals surface area contributed by atoms with Crippen LogP contribution in [0, 0.1) is 0 Å². The standard InChI is InChI=1S/C17H17BrClNO/c1-12(14-4-3-5-16(19)10-14)20(2)11-17(21)13-6-8-15(18)9-7-13/h3-10,12H,11H2,1-2H3. The summed E-state index contributed by atoms with van der Waals surface area (Å²) in [5, 5.41) is 0.715. The molecule has 0 heterocycles. The molecule has 0 spiro atoms. The Morgan fingerprint density at radius 3 is 2.52 bits per heavy atom. The predicted molar refractivity (Wildman–Crippen MR) is 91.0 cm³/mol. The maximum atomic E-state index is 12.3. The van der Waals surface area contributed by atoms with Crippen molar-refractivity contribution in [3.8, 4) is 0 Å². The number of likely N-dealkylation sites (N-methyl/N-ethyl adjacent to an activating group) is 1. The third-order valence-corrected chi connectivity index (χ3v) is 4.32. The van der Waals surface area contributed by atoms with E-state index in [1.807, 2.05) is 60.5 Å². The van der Waals surface area contributed by atoms with Crippen molar-refractivity contribution >= 4 is 33.3 Å². The first kappa shape index (κ1) is 16.2. The number of carbonyl (C=O) groups is 1. The van der Waals surface area contributed by atoms with Crippen LogP contribution in [0.25, 0.3) is 0 Å². The zero-order valence-corrected chi connectivity index (χ0v) is 14.4. The minimum absolute atomic E-state index is 0.110. The Labute approximate surface area is 138 Å². The Morgan fingerprint density at radius 2 is 1.90 bits per heavy atom. The van der Waals surface area contributed by atoms with E-state index in [4.69, 9.17) is 11.6 Å². The van der Waals surface area contributed by atoms with Gasteiger partial charge >= 0.3 is 0 Å². The molecule has 2 nitrogen and oxygen atoms in total. The minimum atomic E-state index is 0.110. The van der Waals surface area contributed by atoms with Crippen molar-refractivity contribution < 1.29 is 4.79 Å². The van der Waals surface area contributed by atoms with Crippen molar-refractivity contribution in [2.45, 2.75) is 13.0 Å². The molecule has 0 fully saturated rings. The van der Waals surface area contributed by atoms with E-state index < -0.39 is 0 Å². The van der Waals surface area contributed by atoms with Gasteiger partial charge in [-0.15, -0.1) is 0 Å². The second kappa shape index (κ2) is 7.21. The Kier molecular flexibility index (Phi) is 5.57. The van der Waals surface area contributed by atoms with Crippen molar-refractivity contribution in [1.29, 1.82) is 0 Å². The van der Waals surface area contributed by atoms with E-state index in [-0.39, 0.29) is 11.8 Å². The smallest absolute Gasteiger partial charge is 0.176 e. The first-order valence-electron chi connectivity index (χ1n) is 6.72. The number of nitrogens with zero attached hydrogens (tertiary/aromatic N) is 1. The molecular weight excluding hydrogens is 350 g/mol. The van der Waals surface area contributed by atoms with Gasteiger partial charge in [0.25, 0.3) is 0 Å². The van der Waals surface area contributed by atoms with Gasteiger partial charge in [0.15, 0.2) is 5.78 Å². The normalized spacial score (nSPS) is 12.4. The monoisotopic (exact) mass is 365 g/mol. The summed E-state index contributed by atoms with van der Waals surface area (Å²) in [7, 11) is 1.95. The summed E-state index contributed by atoms with van der Waals surface area (Å²) in [6.07, 6.45) is 0. The molecule has 2 aromatic carbocycles. The summed E-state index contributed by atoms with van der Waals surface area (Å²) in [6, 6.07) is 15.3. The molecule has 0 saturated carbocycles. The molecule has 1 unspecified atom stereocenters. The van der Waals surface area contributed by atoms with Gasteiger partial charge in [0.05, 0.1) is 6.54 Å². The van der Waals surface area contributed by atoms with Crippen LogP contribution >= 0.6 is 27.5 Å². The summed E-state index contributed by atoms with van der Waals surface area (Å²) in [5.41, 5.74) is 1.83. The summed E-state index contributed by atoms with van der Waals surface area (Å²) in [5.74, 6) is 0.110. The number of hydrogen-bond acceptors (Lipinski definition) is 2. The third kappa shape index (κ3) is 4.40. The van der Waals surface area contributed by atoms with Gasteiger partial charge < -0.3 is 0 Å². The van der Waals surface area contributed by atoms with Gasteiger partial charge in [-0.3, -0.25) is 9.69 Å². The van der Waals surface area contributed by atoms with Crippen LogP contribution in [0.3, 0.4) is 0 Å². The quantitative estimate of drug-likeness (QED) is 0.696. The molecule has 2 rings (SSSR count). The minimum Gasteiger partial charge on any atom is -0.293 e. The molecular formula is C17H17BrClNO. The van der Waals surface area contributed by atoms with Crippen molar-refractivity contribution in [3.63, 3.8) is 0 Å². The van der Waals surface area contributed by atoms with E-state index in [1.165, 1.54) is 0 Å². The summed E-state index contributed by atoms with van der Waals surface area (Å²) in [6.45, 7) is 2.44. The highest BCUT2D eigenvalue weighted by molar-refractivity contribution is 9.10. The lowest BCUT2D eigenvalue weighted by Crippen LogP contribution is -2.28. The maximum Gasteiger partial charge on any atom is 0.176 e. The van der Waals surface area contributed by atoms with Crippen LogP contribution in [0.15, 0.2) is 53.0 Å². The number of hydrogen-bond donors (Lipinski definition) is 0. The van der Waals surface area contributed by atoms with Gasteiger partial charge in [-0.2, -0.15) is 0 Å². The molecule has 0 saturated heterocycles. The molecule has 2 aromatic rings. The van der Waals surface area contributed by atoms with E-state index in [2.05, 4.69) is 22.9 Å². The average Bonchev–Trinajstić information content (AvgIpc) is 2.47. The zero-order valence-electron chi connectivity index (χ0n) is 12.0. The molecule has 21 heavy (non-hydrogen) atoms. The largest absolute Gasteiger partial charge is 0.293 e. The predicted octanol–water partition coefficient (Wildman–Crippen LogP) is 4.98. The number of benzene rings is 2. The topological polar surface area (TPSA) is 20.3 Å². The van der Waals surface area contributed by atoms with Crippen LogP contribution in [-0.2, 0) is 0 Å². The number of Topliss-reactive ketones (excluding diaryl/α,β-unsaturated/α-hetero) is 1. The van der Waals surface area contributed by atoms with Gasteiger partial charge in [-0.05, 0) is 43.8 Å². The lowest BCUT2D eigenvalue weighted by Gasteiger charge is -2.24. The molecule has 0 aliphatic heterocycles. The molecule has 4 heteroatoms. The SMILES string of the molecule is CC(c1cccc(Cl)c1)N(C)CC(=O)c1ccc(Br)cc1. The van der Waals surface area contributed by atoms with Crippen LogP contribution in [0.4, 0.5) is 0 Å². The third-order valence-electron chi connectivity index (χ3n) is 3.55. The number of ketones is 1. The van der Waals surface area contributed by atoms with Crippen molar-refractivity contribution in [3.05, 3.63) is 69.2 Å². The van der Waals surface area contributed by atoms with Gasteiger partial charge in [-0.25, -0.2) is 0 Å². The van der Waals surface area contributed by atoms with Gasteiger partial charge in [0, 0.05) is 21.1 Å². The Balaban J connectivity index is 2.05. The Bertz CT molecular complexity index is 627. The highest BCUT2D eigenvalue weighted by Gasteiger charge is 2.16. The average molecular weight is 367 g/mol. The second-order valence-electron chi connectivity index (χ2n) is 5.08. The van der Waals surface area contributed by atoms with E-state index in [0.717, 1.165) is 15.6 Å². The first-order chi connectivity index (χ1) is 9.97. The summed E-state index contributed by atoms with van der Waals surface area (Å²) >= 11 is 9.39. The van der Waals surface area contributed by atoms with E-state index in [0.29, 0.717) is 11.6 Å². The molecule has 0 amide bonds. The van der Waals surface area contributed by atoms with E-state index in [1.54, 1.807) is 0 Å². The summed E-state index contributed by atoms with van der Waals surface area (Å²) < 4.78 is 0.972. The van der Waals surface area contributed by atoms with Gasteiger partial charge in [0.2, 0.25) is 0 Å². The van der Waals surface area contributed by atoms with E-state index in [9.17, 15) is 4.79 Å². The van der Waals surface area contributed by atoms with E-state index >= 15 is 0 Å². The van der Waals surface area contributed by atoms with Crippen LogP contribution in [0.2, 0.25) is 5.02 Å². The molecule has 0 bridgehead atoms. The van der Waals surface area contributed by atoms with Crippen LogP contribution in [0.5, 0.6) is 0 Å². The Hall–Kier alpha value is -1.16. The lowest BCUT2D eigenvalue weighted by atomic mass is 10.1. The van der Waals surface area contributed by atoms with Crippen LogP contribution in [0.1, 0.15) is 28.9 Å². The fraction of sp³-hybridized carbons (Fsp3) is 0.235. The first-order valence-corrected chi connectivity index (χ1v) is 7.89. The van der Waals surface area contributed by atoms with Crippen LogP contribution in [-0.4, -0.2) is 24.3 Å². The van der Waals surface area contributed by atoms with Crippen molar-refractivity contribution in [2.75, 3.05) is 13.6 Å².